The molecular weight excluding hydrogens is 461 g/mol. The minimum atomic E-state index is -0.536. The number of benzene rings is 3. The second kappa shape index (κ2) is 7.59. The quantitative estimate of drug-likeness (QED) is 0.325. The average molecular weight is 476 g/mol. The fourth-order valence-electron chi connectivity index (χ4n) is 3.63. The van der Waals surface area contributed by atoms with Gasteiger partial charge >= 0.3 is 0 Å². The van der Waals surface area contributed by atoms with Crippen LogP contribution in [0.25, 0.3) is 39.0 Å². The zero-order valence-corrected chi connectivity index (χ0v) is 17.9. The number of halogens is 2. The predicted molar refractivity (Wildman–Crippen MR) is 121 cm³/mol. The summed E-state index contributed by atoms with van der Waals surface area (Å²) in [7, 11) is 0. The maximum atomic E-state index is 14.6. The van der Waals surface area contributed by atoms with Crippen LogP contribution in [-0.2, 0) is 0 Å². The lowest BCUT2D eigenvalue weighted by Gasteiger charge is -2.13. The number of fused-ring (bicyclic) bond motifs is 1. The van der Waals surface area contributed by atoms with Gasteiger partial charge in [-0.25, -0.2) is 9.37 Å². The minimum absolute atomic E-state index is 0.0782. The monoisotopic (exact) mass is 475 g/mol. The highest BCUT2D eigenvalue weighted by atomic mass is 79.9. The van der Waals surface area contributed by atoms with E-state index in [0.717, 1.165) is 21.4 Å². The summed E-state index contributed by atoms with van der Waals surface area (Å²) < 4.78 is 21.9. The van der Waals surface area contributed by atoms with Crippen LogP contribution in [0.5, 0.6) is 0 Å². The van der Waals surface area contributed by atoms with Gasteiger partial charge in [-0.3, -0.25) is 4.79 Å². The second-order valence-corrected chi connectivity index (χ2v) is 8.08. The number of nitrogens with zero attached hydrogens (tertiary/aromatic N) is 3. The van der Waals surface area contributed by atoms with Crippen LogP contribution >= 0.6 is 15.9 Å². The molecule has 0 unspecified atom stereocenters. The molecule has 2 heterocycles. The maximum absolute atomic E-state index is 14.6. The molecule has 5 aromatic rings. The lowest BCUT2D eigenvalue weighted by Crippen LogP contribution is -2.23. The second-order valence-electron chi connectivity index (χ2n) is 7.16. The Balaban J connectivity index is 1.84. The molecule has 0 amide bonds. The van der Waals surface area contributed by atoms with Gasteiger partial charge in [-0.05, 0) is 55.0 Å². The number of oxazole rings is 1. The predicted octanol–water partition coefficient (Wildman–Crippen LogP) is 5.92. The zero-order valence-electron chi connectivity index (χ0n) is 16.3. The van der Waals surface area contributed by atoms with E-state index >= 15 is 0 Å². The van der Waals surface area contributed by atoms with E-state index in [1.807, 2.05) is 37.3 Å². The van der Waals surface area contributed by atoms with Gasteiger partial charge in [0.1, 0.15) is 11.5 Å². The lowest BCUT2D eigenvalue weighted by atomic mass is 9.99. The Bertz CT molecular complexity index is 1490. The number of hydrogen-bond donors (Lipinski definition) is 0. The summed E-state index contributed by atoms with van der Waals surface area (Å²) in [6.45, 7) is 1.97. The Kier molecular flexibility index (Phi) is 4.75. The minimum Gasteiger partial charge on any atom is -0.444 e. The molecule has 0 aliphatic carbocycles. The standard InChI is InChI=1S/C24H15BrFN3O2/c1-14-8-15(22-12-27-13-31-22)10-16(9-14)23-18-4-2-3-5-19(18)24(30)29(28-23)21-11-17(25)6-7-20(21)26/h2-13H,1H3. The average Bonchev–Trinajstić information content (AvgIpc) is 3.31. The molecule has 7 heteroatoms. The molecule has 152 valence electrons. The maximum Gasteiger partial charge on any atom is 0.279 e. The fraction of sp³-hybridized carbons (Fsp3) is 0.0417. The van der Waals surface area contributed by atoms with E-state index in [2.05, 4.69) is 26.0 Å². The molecule has 0 saturated carbocycles. The number of aromatic nitrogens is 3. The van der Waals surface area contributed by atoms with Gasteiger partial charge in [0.2, 0.25) is 0 Å². The molecule has 0 saturated heterocycles. The Labute approximate surface area is 184 Å². The summed E-state index contributed by atoms with van der Waals surface area (Å²) in [4.78, 5) is 17.2. The normalized spacial score (nSPS) is 11.2. The molecule has 0 spiro atoms. The van der Waals surface area contributed by atoms with E-state index in [-0.39, 0.29) is 11.2 Å². The van der Waals surface area contributed by atoms with Gasteiger partial charge in [-0.2, -0.15) is 9.78 Å². The van der Waals surface area contributed by atoms with Crippen molar-refractivity contribution in [2.24, 2.45) is 0 Å². The zero-order chi connectivity index (χ0) is 21.5. The van der Waals surface area contributed by atoms with Crippen molar-refractivity contribution in [2.75, 3.05) is 0 Å². The van der Waals surface area contributed by atoms with E-state index in [1.165, 1.54) is 12.5 Å². The van der Waals surface area contributed by atoms with Gasteiger partial charge in [0.25, 0.3) is 5.56 Å². The molecular formula is C24H15BrFN3O2. The highest BCUT2D eigenvalue weighted by molar-refractivity contribution is 9.10. The highest BCUT2D eigenvalue weighted by Crippen LogP contribution is 2.31. The van der Waals surface area contributed by atoms with Crippen LogP contribution in [0.4, 0.5) is 4.39 Å². The van der Waals surface area contributed by atoms with Crippen molar-refractivity contribution < 1.29 is 8.81 Å². The molecule has 0 aliphatic heterocycles. The van der Waals surface area contributed by atoms with E-state index in [1.54, 1.807) is 30.5 Å². The summed E-state index contributed by atoms with van der Waals surface area (Å²) in [5, 5.41) is 5.75. The van der Waals surface area contributed by atoms with Gasteiger partial charge in [0.15, 0.2) is 12.2 Å². The van der Waals surface area contributed by atoms with Crippen molar-refractivity contribution in [3.63, 3.8) is 0 Å². The van der Waals surface area contributed by atoms with Crippen LogP contribution < -0.4 is 5.56 Å². The Morgan fingerprint density at radius 3 is 2.55 bits per heavy atom. The van der Waals surface area contributed by atoms with E-state index in [4.69, 9.17) is 4.42 Å². The molecule has 0 N–H and O–H groups in total. The van der Waals surface area contributed by atoms with Crippen molar-refractivity contribution in [2.45, 2.75) is 6.92 Å². The first-order valence-electron chi connectivity index (χ1n) is 9.50. The molecule has 5 rings (SSSR count). The largest absolute Gasteiger partial charge is 0.444 e. The topological polar surface area (TPSA) is 60.9 Å². The Hall–Kier alpha value is -3.58. The summed E-state index contributed by atoms with van der Waals surface area (Å²) in [6.07, 6.45) is 3.02. The van der Waals surface area contributed by atoms with E-state index in [9.17, 15) is 9.18 Å². The third-order valence-corrected chi connectivity index (χ3v) is 5.50. The summed E-state index contributed by atoms with van der Waals surface area (Å²) in [6, 6.07) is 17.5. The van der Waals surface area contributed by atoms with Gasteiger partial charge in [0, 0.05) is 21.0 Å². The van der Waals surface area contributed by atoms with E-state index in [0.29, 0.717) is 26.7 Å². The van der Waals surface area contributed by atoms with Crippen molar-refractivity contribution in [1.29, 1.82) is 0 Å². The summed E-state index contributed by atoms with van der Waals surface area (Å²) >= 11 is 3.35. The Morgan fingerprint density at radius 1 is 1.00 bits per heavy atom. The molecule has 31 heavy (non-hydrogen) atoms. The van der Waals surface area contributed by atoms with Crippen molar-refractivity contribution in [1.82, 2.24) is 14.8 Å². The molecule has 3 aromatic carbocycles. The van der Waals surface area contributed by atoms with Crippen LogP contribution in [0.1, 0.15) is 5.56 Å². The highest BCUT2D eigenvalue weighted by Gasteiger charge is 2.17. The third-order valence-electron chi connectivity index (χ3n) is 5.01. The van der Waals surface area contributed by atoms with Crippen LogP contribution in [0.2, 0.25) is 0 Å². The summed E-state index contributed by atoms with van der Waals surface area (Å²) in [5.41, 5.74) is 2.87. The summed E-state index contributed by atoms with van der Waals surface area (Å²) in [5.74, 6) is 0.0891. The molecule has 0 atom stereocenters. The Morgan fingerprint density at radius 2 is 1.77 bits per heavy atom. The SMILES string of the molecule is Cc1cc(-c2cnco2)cc(-c2nn(-c3cc(Br)ccc3F)c(=O)c3ccccc23)c1. The molecule has 5 nitrogen and oxygen atoms in total. The number of aryl methyl sites for hydroxylation is 1. The fourth-order valence-corrected chi connectivity index (χ4v) is 3.98. The lowest BCUT2D eigenvalue weighted by molar-refractivity contribution is 0.572. The van der Waals surface area contributed by atoms with Crippen molar-refractivity contribution in [3.05, 3.63) is 99.5 Å². The van der Waals surface area contributed by atoms with Gasteiger partial charge in [0.05, 0.1) is 17.3 Å². The first-order valence-corrected chi connectivity index (χ1v) is 10.3. The molecule has 0 radical (unpaired) electrons. The van der Waals surface area contributed by atoms with Crippen LogP contribution in [0.15, 0.2) is 86.9 Å². The number of rotatable bonds is 3. The van der Waals surface area contributed by atoms with E-state index < -0.39 is 5.82 Å². The van der Waals surface area contributed by atoms with Crippen molar-refractivity contribution >= 4 is 26.7 Å². The smallest absolute Gasteiger partial charge is 0.279 e. The molecule has 0 bridgehead atoms. The first kappa shape index (κ1) is 19.4. The number of hydrogen-bond acceptors (Lipinski definition) is 4. The van der Waals surface area contributed by atoms with Crippen molar-refractivity contribution in [3.8, 4) is 28.3 Å². The van der Waals surface area contributed by atoms with Crippen LogP contribution in [-0.4, -0.2) is 14.8 Å². The van der Waals surface area contributed by atoms with Gasteiger partial charge in [-0.1, -0.05) is 34.1 Å². The molecule has 2 aromatic heterocycles. The van der Waals surface area contributed by atoms with Crippen LogP contribution in [0, 0.1) is 12.7 Å². The molecule has 0 fully saturated rings. The first-order chi connectivity index (χ1) is 15.0. The third kappa shape index (κ3) is 3.47. The van der Waals surface area contributed by atoms with Gasteiger partial charge in [-0.15, -0.1) is 0 Å². The molecule has 0 aliphatic rings. The van der Waals surface area contributed by atoms with Gasteiger partial charge < -0.3 is 4.42 Å². The van der Waals surface area contributed by atoms with Crippen LogP contribution in [0.3, 0.4) is 0 Å².